The molecule has 2 heterocycles. The highest BCUT2D eigenvalue weighted by Crippen LogP contribution is 2.17. The third kappa shape index (κ3) is 2.52. The van der Waals surface area contributed by atoms with Gasteiger partial charge in [0.05, 0.1) is 18.3 Å². The zero-order valence-corrected chi connectivity index (χ0v) is 12.7. The van der Waals surface area contributed by atoms with Crippen molar-refractivity contribution < 1.29 is 4.39 Å². The average Bonchev–Trinajstić information content (AvgIpc) is 2.89. The van der Waals surface area contributed by atoms with E-state index in [4.69, 9.17) is 0 Å². The van der Waals surface area contributed by atoms with E-state index in [1.807, 2.05) is 20.8 Å². The summed E-state index contributed by atoms with van der Waals surface area (Å²) in [6.07, 6.45) is 3.06. The fourth-order valence-electron chi connectivity index (χ4n) is 2.34. The standard InChI is InChI=1S/C16H17FN4O/c1-16(2,3)21-14-13(8-19-21)15(22)20(10-18-14)9-11-4-6-12(17)7-5-11/h4-8,10H,9H2,1-3H3. The smallest absolute Gasteiger partial charge is 0.264 e. The molecular formula is C16H17FN4O. The number of hydrogen-bond donors (Lipinski definition) is 0. The van der Waals surface area contributed by atoms with Gasteiger partial charge in [-0.05, 0) is 38.5 Å². The fraction of sp³-hybridized carbons (Fsp3) is 0.312. The number of benzene rings is 1. The van der Waals surface area contributed by atoms with E-state index in [0.717, 1.165) is 5.56 Å². The lowest BCUT2D eigenvalue weighted by Gasteiger charge is -2.19. The zero-order chi connectivity index (χ0) is 15.9. The average molecular weight is 300 g/mol. The summed E-state index contributed by atoms with van der Waals surface area (Å²) in [5, 5.41) is 4.76. The van der Waals surface area contributed by atoms with Crippen LogP contribution in [0.25, 0.3) is 11.0 Å². The van der Waals surface area contributed by atoms with Crippen molar-refractivity contribution >= 4 is 11.0 Å². The maximum atomic E-state index is 12.9. The molecule has 0 unspecified atom stereocenters. The van der Waals surface area contributed by atoms with Gasteiger partial charge in [-0.3, -0.25) is 9.36 Å². The van der Waals surface area contributed by atoms with Crippen molar-refractivity contribution in [2.24, 2.45) is 0 Å². The van der Waals surface area contributed by atoms with Gasteiger partial charge >= 0.3 is 0 Å². The summed E-state index contributed by atoms with van der Waals surface area (Å²) in [6.45, 7) is 6.37. The molecule has 3 rings (SSSR count). The fourth-order valence-corrected chi connectivity index (χ4v) is 2.34. The van der Waals surface area contributed by atoms with Crippen LogP contribution in [-0.4, -0.2) is 19.3 Å². The van der Waals surface area contributed by atoms with Gasteiger partial charge in [-0.15, -0.1) is 0 Å². The van der Waals surface area contributed by atoms with Gasteiger partial charge in [0.15, 0.2) is 5.65 Å². The van der Waals surface area contributed by atoms with Gasteiger partial charge in [-0.1, -0.05) is 12.1 Å². The molecule has 0 radical (unpaired) electrons. The lowest BCUT2D eigenvalue weighted by Crippen LogP contribution is -2.25. The van der Waals surface area contributed by atoms with Crippen LogP contribution in [0.2, 0.25) is 0 Å². The Kier molecular flexibility index (Phi) is 3.31. The maximum absolute atomic E-state index is 12.9. The first-order valence-corrected chi connectivity index (χ1v) is 7.04. The molecule has 3 aromatic rings. The molecule has 0 saturated heterocycles. The molecular weight excluding hydrogens is 283 g/mol. The monoisotopic (exact) mass is 300 g/mol. The van der Waals surface area contributed by atoms with Crippen LogP contribution in [-0.2, 0) is 12.1 Å². The van der Waals surface area contributed by atoms with Crippen molar-refractivity contribution in [1.82, 2.24) is 19.3 Å². The predicted molar refractivity (Wildman–Crippen MR) is 82.3 cm³/mol. The number of aromatic nitrogens is 4. The van der Waals surface area contributed by atoms with Crippen molar-refractivity contribution in [3.05, 3.63) is 58.5 Å². The molecule has 0 aliphatic rings. The topological polar surface area (TPSA) is 52.7 Å². The number of hydrogen-bond acceptors (Lipinski definition) is 3. The Morgan fingerprint density at radius 2 is 1.86 bits per heavy atom. The van der Waals surface area contributed by atoms with Gasteiger partial charge in [0.25, 0.3) is 5.56 Å². The molecule has 114 valence electrons. The van der Waals surface area contributed by atoms with Gasteiger partial charge < -0.3 is 0 Å². The van der Waals surface area contributed by atoms with E-state index in [1.54, 1.807) is 23.0 Å². The lowest BCUT2D eigenvalue weighted by molar-refractivity contribution is 0.365. The van der Waals surface area contributed by atoms with E-state index in [1.165, 1.54) is 23.0 Å². The summed E-state index contributed by atoms with van der Waals surface area (Å²) in [5.74, 6) is -0.295. The summed E-state index contributed by atoms with van der Waals surface area (Å²) in [4.78, 5) is 16.9. The SMILES string of the molecule is CC(C)(C)n1ncc2c(=O)n(Cc3ccc(F)cc3)cnc21. The Labute approximate surface area is 127 Å². The van der Waals surface area contributed by atoms with Crippen molar-refractivity contribution in [3.63, 3.8) is 0 Å². The molecule has 0 saturated carbocycles. The van der Waals surface area contributed by atoms with Crippen LogP contribution >= 0.6 is 0 Å². The minimum absolute atomic E-state index is 0.148. The van der Waals surface area contributed by atoms with E-state index in [0.29, 0.717) is 17.6 Å². The summed E-state index contributed by atoms with van der Waals surface area (Å²) in [5.41, 5.74) is 1.02. The molecule has 6 heteroatoms. The second-order valence-electron chi connectivity index (χ2n) is 6.27. The number of fused-ring (bicyclic) bond motifs is 1. The minimum atomic E-state index is -0.295. The summed E-state index contributed by atoms with van der Waals surface area (Å²) >= 11 is 0. The van der Waals surface area contributed by atoms with Crippen LogP contribution < -0.4 is 5.56 Å². The molecule has 0 spiro atoms. The molecule has 0 N–H and O–H groups in total. The number of halogens is 1. The molecule has 0 aliphatic carbocycles. The third-order valence-electron chi connectivity index (χ3n) is 3.46. The first kappa shape index (κ1) is 14.4. The Bertz CT molecular complexity index is 872. The van der Waals surface area contributed by atoms with Crippen molar-refractivity contribution in [1.29, 1.82) is 0 Å². The molecule has 5 nitrogen and oxygen atoms in total. The van der Waals surface area contributed by atoms with Crippen LogP contribution in [0.3, 0.4) is 0 Å². The van der Waals surface area contributed by atoms with Crippen molar-refractivity contribution in [2.75, 3.05) is 0 Å². The second-order valence-corrected chi connectivity index (χ2v) is 6.27. The molecule has 0 atom stereocenters. The highest BCUT2D eigenvalue weighted by atomic mass is 19.1. The first-order valence-electron chi connectivity index (χ1n) is 7.04. The Hall–Kier alpha value is -2.50. The van der Waals surface area contributed by atoms with Crippen LogP contribution in [0.1, 0.15) is 26.3 Å². The highest BCUT2D eigenvalue weighted by molar-refractivity contribution is 5.73. The van der Waals surface area contributed by atoms with Gasteiger partial charge in [0.1, 0.15) is 17.5 Å². The zero-order valence-electron chi connectivity index (χ0n) is 12.7. The van der Waals surface area contributed by atoms with E-state index in [-0.39, 0.29) is 16.9 Å². The molecule has 1 aromatic carbocycles. The maximum Gasteiger partial charge on any atom is 0.264 e. The Balaban J connectivity index is 2.04. The molecule has 22 heavy (non-hydrogen) atoms. The molecule has 0 aliphatic heterocycles. The Morgan fingerprint density at radius 1 is 1.18 bits per heavy atom. The van der Waals surface area contributed by atoms with Crippen molar-refractivity contribution in [3.8, 4) is 0 Å². The van der Waals surface area contributed by atoms with Gasteiger partial charge in [-0.2, -0.15) is 5.10 Å². The van der Waals surface area contributed by atoms with Crippen LogP contribution in [0, 0.1) is 5.82 Å². The minimum Gasteiger partial charge on any atom is -0.294 e. The third-order valence-corrected chi connectivity index (χ3v) is 3.46. The molecule has 2 aromatic heterocycles. The van der Waals surface area contributed by atoms with Gasteiger partial charge in [-0.25, -0.2) is 14.1 Å². The molecule has 0 fully saturated rings. The summed E-state index contributed by atoms with van der Waals surface area (Å²) in [6, 6.07) is 6.07. The van der Waals surface area contributed by atoms with Crippen molar-refractivity contribution in [2.45, 2.75) is 32.9 Å². The lowest BCUT2D eigenvalue weighted by atomic mass is 10.1. The van der Waals surface area contributed by atoms with E-state index < -0.39 is 0 Å². The summed E-state index contributed by atoms with van der Waals surface area (Å²) in [7, 11) is 0. The second kappa shape index (κ2) is 5.05. The van der Waals surface area contributed by atoms with Crippen LogP contribution in [0.5, 0.6) is 0 Å². The van der Waals surface area contributed by atoms with E-state index >= 15 is 0 Å². The number of rotatable bonds is 2. The largest absolute Gasteiger partial charge is 0.294 e. The van der Waals surface area contributed by atoms with Crippen LogP contribution in [0.4, 0.5) is 4.39 Å². The normalized spacial score (nSPS) is 12.0. The van der Waals surface area contributed by atoms with E-state index in [2.05, 4.69) is 10.1 Å². The quantitative estimate of drug-likeness (QED) is 0.731. The molecule has 0 amide bonds. The number of nitrogens with zero attached hydrogens (tertiary/aromatic N) is 4. The Morgan fingerprint density at radius 3 is 2.50 bits per heavy atom. The first-order chi connectivity index (χ1) is 10.4. The summed E-state index contributed by atoms with van der Waals surface area (Å²) < 4.78 is 16.2. The molecule has 0 bridgehead atoms. The highest BCUT2D eigenvalue weighted by Gasteiger charge is 2.19. The van der Waals surface area contributed by atoms with E-state index in [9.17, 15) is 9.18 Å². The van der Waals surface area contributed by atoms with Gasteiger partial charge in [0, 0.05) is 0 Å². The predicted octanol–water partition coefficient (Wildman–Crippen LogP) is 2.54. The van der Waals surface area contributed by atoms with Crippen LogP contribution in [0.15, 0.2) is 41.6 Å². The van der Waals surface area contributed by atoms with Gasteiger partial charge in [0.2, 0.25) is 0 Å².